The lowest BCUT2D eigenvalue weighted by Gasteiger charge is -2.11. The van der Waals surface area contributed by atoms with Crippen molar-refractivity contribution in [2.75, 3.05) is 5.75 Å². The third-order valence-electron chi connectivity index (χ3n) is 3.83. The van der Waals surface area contributed by atoms with E-state index in [1.54, 1.807) is 11.3 Å². The average molecular weight is 374 g/mol. The lowest BCUT2D eigenvalue weighted by atomic mass is 10.1. The third kappa shape index (κ3) is 4.49. The van der Waals surface area contributed by atoms with Gasteiger partial charge in [-0.1, -0.05) is 23.9 Å². The summed E-state index contributed by atoms with van der Waals surface area (Å²) in [5.74, 6) is 0.652. The first-order valence-corrected chi connectivity index (χ1v) is 9.76. The van der Waals surface area contributed by atoms with Crippen LogP contribution in [0.15, 0.2) is 45.4 Å². The van der Waals surface area contributed by atoms with Gasteiger partial charge in [0, 0.05) is 10.4 Å². The molecule has 1 amide bonds. The van der Waals surface area contributed by atoms with Gasteiger partial charge in [-0.15, -0.1) is 21.5 Å². The smallest absolute Gasteiger partial charge is 0.277 e. The van der Waals surface area contributed by atoms with Gasteiger partial charge in [-0.3, -0.25) is 4.79 Å². The maximum atomic E-state index is 12.1. The summed E-state index contributed by atoms with van der Waals surface area (Å²) in [5.41, 5.74) is 3.28. The second kappa shape index (κ2) is 7.84. The summed E-state index contributed by atoms with van der Waals surface area (Å²) < 4.78 is 5.65. The Bertz CT molecular complexity index is 859. The summed E-state index contributed by atoms with van der Waals surface area (Å²) in [6.45, 7) is 6.08. The molecule has 0 aliphatic rings. The van der Waals surface area contributed by atoms with Gasteiger partial charge in [-0.25, -0.2) is 0 Å². The molecule has 0 bridgehead atoms. The predicted molar refractivity (Wildman–Crippen MR) is 101 cm³/mol. The largest absolute Gasteiger partial charge is 0.411 e. The normalized spacial score (nSPS) is 12.1. The maximum Gasteiger partial charge on any atom is 0.277 e. The number of thiophene rings is 1. The summed E-state index contributed by atoms with van der Waals surface area (Å²) in [5, 5.41) is 13.4. The third-order valence-corrected chi connectivity index (χ3v) is 5.71. The lowest BCUT2D eigenvalue weighted by molar-refractivity contribution is -0.119. The summed E-state index contributed by atoms with van der Waals surface area (Å²) in [4.78, 5) is 13.2. The number of carbonyl (C=O) groups excluding carboxylic acids is 1. The summed E-state index contributed by atoms with van der Waals surface area (Å²) in [7, 11) is 0. The molecule has 0 saturated carbocycles. The van der Waals surface area contributed by atoms with Crippen molar-refractivity contribution in [1.82, 2.24) is 15.5 Å². The molecular weight excluding hydrogens is 354 g/mol. The highest BCUT2D eigenvalue weighted by Gasteiger charge is 2.14. The van der Waals surface area contributed by atoms with Crippen molar-refractivity contribution in [1.29, 1.82) is 0 Å². The molecule has 1 atom stereocenters. The van der Waals surface area contributed by atoms with E-state index in [0.29, 0.717) is 11.1 Å². The van der Waals surface area contributed by atoms with Gasteiger partial charge in [0.25, 0.3) is 5.22 Å². The highest BCUT2D eigenvalue weighted by Crippen LogP contribution is 2.25. The first-order valence-electron chi connectivity index (χ1n) is 7.89. The summed E-state index contributed by atoms with van der Waals surface area (Å²) in [6.07, 6.45) is 0. The number of carbonyl (C=O) groups is 1. The van der Waals surface area contributed by atoms with Crippen molar-refractivity contribution in [3.05, 3.63) is 51.7 Å². The zero-order chi connectivity index (χ0) is 17.8. The van der Waals surface area contributed by atoms with Crippen LogP contribution < -0.4 is 5.32 Å². The van der Waals surface area contributed by atoms with Crippen molar-refractivity contribution in [3.8, 4) is 11.5 Å². The van der Waals surface area contributed by atoms with Crippen LogP contribution in [-0.4, -0.2) is 21.9 Å². The van der Waals surface area contributed by atoms with E-state index < -0.39 is 0 Å². The van der Waals surface area contributed by atoms with Gasteiger partial charge in [0.1, 0.15) is 0 Å². The topological polar surface area (TPSA) is 68.0 Å². The van der Waals surface area contributed by atoms with Crippen LogP contribution in [0.4, 0.5) is 0 Å². The number of aromatic nitrogens is 2. The average Bonchev–Trinajstić information content (AvgIpc) is 3.27. The molecule has 130 valence electrons. The number of nitrogens with one attached hydrogen (secondary N) is 1. The van der Waals surface area contributed by atoms with Gasteiger partial charge in [0.05, 0.1) is 11.8 Å². The second-order valence-corrected chi connectivity index (χ2v) is 7.67. The fraction of sp³-hybridized carbons (Fsp3) is 0.278. The Labute approximate surface area is 154 Å². The Morgan fingerprint density at radius 3 is 2.84 bits per heavy atom. The molecule has 0 spiro atoms. The molecule has 25 heavy (non-hydrogen) atoms. The lowest BCUT2D eigenvalue weighted by Crippen LogP contribution is -2.27. The van der Waals surface area contributed by atoms with Gasteiger partial charge in [-0.05, 0) is 55.5 Å². The van der Waals surface area contributed by atoms with Crippen LogP contribution in [0, 0.1) is 13.8 Å². The zero-order valence-electron chi connectivity index (χ0n) is 14.3. The van der Waals surface area contributed by atoms with Crippen molar-refractivity contribution in [3.63, 3.8) is 0 Å². The van der Waals surface area contributed by atoms with Crippen LogP contribution in [0.1, 0.15) is 29.0 Å². The highest BCUT2D eigenvalue weighted by molar-refractivity contribution is 7.99. The maximum absolute atomic E-state index is 12.1. The van der Waals surface area contributed by atoms with E-state index in [2.05, 4.69) is 22.4 Å². The number of amides is 1. The van der Waals surface area contributed by atoms with E-state index in [-0.39, 0.29) is 17.7 Å². The Balaban J connectivity index is 1.56. The Morgan fingerprint density at radius 2 is 2.12 bits per heavy atom. The molecule has 5 nitrogen and oxygen atoms in total. The standard InChI is InChI=1S/C18H19N3O2S2/c1-11-6-7-14(9-12(11)2)17-20-21-18(23-17)25-10-16(22)19-13(3)15-5-4-8-24-15/h4-9,13H,10H2,1-3H3,(H,19,22)/t13-/m0/s1. The molecule has 3 aromatic rings. The van der Waals surface area contributed by atoms with Gasteiger partial charge < -0.3 is 9.73 Å². The number of hydrogen-bond donors (Lipinski definition) is 1. The minimum Gasteiger partial charge on any atom is -0.411 e. The number of thioether (sulfide) groups is 1. The molecule has 2 aromatic heterocycles. The molecular formula is C18H19N3O2S2. The van der Waals surface area contributed by atoms with Gasteiger partial charge in [0.15, 0.2) is 0 Å². The van der Waals surface area contributed by atoms with Gasteiger partial charge in [-0.2, -0.15) is 0 Å². The first-order chi connectivity index (χ1) is 12.0. The van der Waals surface area contributed by atoms with Crippen LogP contribution in [0.3, 0.4) is 0 Å². The minimum absolute atomic E-state index is 0.00174. The van der Waals surface area contributed by atoms with Crippen molar-refractivity contribution in [2.24, 2.45) is 0 Å². The molecule has 0 radical (unpaired) electrons. The first kappa shape index (κ1) is 17.7. The van der Waals surface area contributed by atoms with Crippen LogP contribution in [0.25, 0.3) is 11.5 Å². The minimum atomic E-state index is -0.0585. The van der Waals surface area contributed by atoms with Crippen LogP contribution in [0.2, 0.25) is 0 Å². The molecule has 3 rings (SSSR count). The fourth-order valence-corrected chi connectivity index (χ4v) is 3.59. The van der Waals surface area contributed by atoms with Crippen molar-refractivity contribution >= 4 is 29.0 Å². The monoisotopic (exact) mass is 373 g/mol. The number of nitrogens with zero attached hydrogens (tertiary/aromatic N) is 2. The van der Waals surface area contributed by atoms with Gasteiger partial charge in [0.2, 0.25) is 11.8 Å². The SMILES string of the molecule is Cc1ccc(-c2nnc(SCC(=O)N[C@@H](C)c3cccs3)o2)cc1C. The Kier molecular flexibility index (Phi) is 5.55. The number of aryl methyl sites for hydroxylation is 2. The molecule has 0 aliphatic heterocycles. The molecule has 0 fully saturated rings. The van der Waals surface area contributed by atoms with E-state index in [0.717, 1.165) is 10.4 Å². The van der Waals surface area contributed by atoms with E-state index in [1.807, 2.05) is 49.6 Å². The van der Waals surface area contributed by atoms with Crippen molar-refractivity contribution in [2.45, 2.75) is 32.0 Å². The van der Waals surface area contributed by atoms with Crippen LogP contribution >= 0.6 is 23.1 Å². The molecule has 2 heterocycles. The quantitative estimate of drug-likeness (QED) is 0.649. The Morgan fingerprint density at radius 1 is 1.28 bits per heavy atom. The Hall–Kier alpha value is -2.12. The number of benzene rings is 1. The fourth-order valence-electron chi connectivity index (χ4n) is 2.28. The van der Waals surface area contributed by atoms with Gasteiger partial charge >= 0.3 is 0 Å². The summed E-state index contributed by atoms with van der Waals surface area (Å²) >= 11 is 2.87. The summed E-state index contributed by atoms with van der Waals surface area (Å²) in [6, 6.07) is 10.00. The van der Waals surface area contributed by atoms with E-state index in [1.165, 1.54) is 22.9 Å². The molecule has 0 aliphatic carbocycles. The molecule has 1 N–H and O–H groups in total. The van der Waals surface area contributed by atoms with E-state index >= 15 is 0 Å². The number of hydrogen-bond acceptors (Lipinski definition) is 6. The second-order valence-electron chi connectivity index (χ2n) is 5.77. The molecule has 0 unspecified atom stereocenters. The van der Waals surface area contributed by atoms with E-state index in [4.69, 9.17) is 4.42 Å². The number of rotatable bonds is 6. The molecule has 1 aromatic carbocycles. The molecule has 0 saturated heterocycles. The van der Waals surface area contributed by atoms with Crippen LogP contribution in [-0.2, 0) is 4.79 Å². The van der Waals surface area contributed by atoms with Crippen molar-refractivity contribution < 1.29 is 9.21 Å². The van der Waals surface area contributed by atoms with Crippen LogP contribution in [0.5, 0.6) is 0 Å². The zero-order valence-corrected chi connectivity index (χ0v) is 15.9. The molecule has 7 heteroatoms. The highest BCUT2D eigenvalue weighted by atomic mass is 32.2. The predicted octanol–water partition coefficient (Wildman–Crippen LogP) is 4.38. The van der Waals surface area contributed by atoms with E-state index in [9.17, 15) is 4.79 Å².